The van der Waals surface area contributed by atoms with E-state index in [1.807, 2.05) is 61.5 Å². The largest absolute Gasteiger partial charge is 0.382 e. The number of pyridine rings is 1. The minimum absolute atomic E-state index is 0.0748. The fourth-order valence-electron chi connectivity index (χ4n) is 5.35. The van der Waals surface area contributed by atoms with Crippen LogP contribution in [0.15, 0.2) is 77.7 Å². The van der Waals surface area contributed by atoms with E-state index in [1.165, 1.54) is 4.52 Å². The van der Waals surface area contributed by atoms with Crippen LogP contribution in [0.2, 0.25) is 0 Å². The molecule has 5 aromatic rings. The maximum atomic E-state index is 14.2. The van der Waals surface area contributed by atoms with Crippen LogP contribution in [0, 0.1) is 11.8 Å². The molecule has 0 bridgehead atoms. The number of nitrogens with one attached hydrogen (secondary N) is 2. The summed E-state index contributed by atoms with van der Waals surface area (Å²) in [5.41, 5.74) is 8.40. The molecule has 2 atom stereocenters. The second-order valence-electron chi connectivity index (χ2n) is 10.2. The van der Waals surface area contributed by atoms with E-state index < -0.39 is 11.9 Å². The number of nitrogens with zero attached hydrogens (tertiary/aromatic N) is 4. The van der Waals surface area contributed by atoms with E-state index in [1.54, 1.807) is 22.9 Å². The minimum Gasteiger partial charge on any atom is -0.382 e. The van der Waals surface area contributed by atoms with Gasteiger partial charge < -0.3 is 21.1 Å². The predicted molar refractivity (Wildman–Crippen MR) is 162 cm³/mol. The number of aromatic nitrogens is 4. The lowest BCUT2D eigenvalue weighted by molar-refractivity contribution is 0.0932. The lowest BCUT2D eigenvalue weighted by atomic mass is 10.0. The number of carbonyl (C=O) groups excluding carboxylic acids is 1. The fourth-order valence-corrected chi connectivity index (χ4v) is 5.35. The first-order valence-electron chi connectivity index (χ1n) is 14.0. The molecule has 1 saturated heterocycles. The first kappa shape index (κ1) is 27.2. The number of hydrogen-bond donors (Lipinski definition) is 3. The van der Waals surface area contributed by atoms with Gasteiger partial charge in [0.1, 0.15) is 0 Å². The number of anilines is 1. The number of amides is 1. The Balaban J connectivity index is 1.36. The number of fused-ring (bicyclic) bond motifs is 2. The molecule has 10 heteroatoms. The molecule has 1 unspecified atom stereocenters. The molecule has 0 radical (unpaired) electrons. The van der Waals surface area contributed by atoms with Crippen molar-refractivity contribution in [1.29, 1.82) is 0 Å². The molecule has 0 aliphatic carbocycles. The van der Waals surface area contributed by atoms with Gasteiger partial charge in [-0.15, -0.1) is 0 Å². The van der Waals surface area contributed by atoms with Crippen LogP contribution in [0.3, 0.4) is 0 Å². The van der Waals surface area contributed by atoms with Crippen molar-refractivity contribution >= 4 is 28.1 Å². The first-order valence-corrected chi connectivity index (χ1v) is 14.0. The highest BCUT2D eigenvalue weighted by atomic mass is 16.5. The van der Waals surface area contributed by atoms with Crippen molar-refractivity contribution in [2.45, 2.75) is 31.9 Å². The van der Waals surface area contributed by atoms with E-state index in [-0.39, 0.29) is 23.2 Å². The molecule has 3 aromatic heterocycles. The second kappa shape index (κ2) is 11.9. The van der Waals surface area contributed by atoms with Crippen LogP contribution in [0.25, 0.3) is 22.1 Å². The quantitative estimate of drug-likeness (QED) is 0.206. The van der Waals surface area contributed by atoms with Gasteiger partial charge >= 0.3 is 0 Å². The minimum atomic E-state index is -0.569. The van der Waals surface area contributed by atoms with Crippen molar-refractivity contribution in [3.8, 4) is 17.5 Å². The normalized spacial score (nSPS) is 15.4. The molecule has 2 aromatic carbocycles. The zero-order chi connectivity index (χ0) is 29.1. The summed E-state index contributed by atoms with van der Waals surface area (Å²) in [6, 6.07) is 19.8. The number of hydrogen-bond acceptors (Lipinski definition) is 7. The van der Waals surface area contributed by atoms with E-state index in [4.69, 9.17) is 10.5 Å². The van der Waals surface area contributed by atoms with Crippen LogP contribution in [-0.4, -0.2) is 50.9 Å². The van der Waals surface area contributed by atoms with Gasteiger partial charge in [-0.2, -0.15) is 5.10 Å². The van der Waals surface area contributed by atoms with Crippen LogP contribution in [-0.2, 0) is 4.74 Å². The number of carbonyl (C=O) groups is 1. The van der Waals surface area contributed by atoms with Crippen LogP contribution >= 0.6 is 0 Å². The highest BCUT2D eigenvalue weighted by Crippen LogP contribution is 2.24. The number of nitrogen functional groups attached to an aromatic ring is 1. The van der Waals surface area contributed by atoms with Crippen LogP contribution in [0.4, 0.5) is 5.82 Å². The highest BCUT2D eigenvalue weighted by Gasteiger charge is 2.23. The summed E-state index contributed by atoms with van der Waals surface area (Å²) in [4.78, 5) is 31.8. The van der Waals surface area contributed by atoms with Gasteiger partial charge in [0, 0.05) is 36.3 Å². The van der Waals surface area contributed by atoms with E-state index in [9.17, 15) is 9.59 Å². The first-order chi connectivity index (χ1) is 20.5. The van der Waals surface area contributed by atoms with Gasteiger partial charge in [-0.3, -0.25) is 14.2 Å². The summed E-state index contributed by atoms with van der Waals surface area (Å²) in [5, 5.41) is 11.8. The fraction of sp³-hybridized carbons (Fsp3) is 0.250. The molecule has 0 saturated carbocycles. The third-order valence-electron chi connectivity index (χ3n) is 7.35. The summed E-state index contributed by atoms with van der Waals surface area (Å²) < 4.78 is 8.69. The summed E-state index contributed by atoms with van der Waals surface area (Å²) in [6.07, 6.45) is 3.96. The summed E-state index contributed by atoms with van der Waals surface area (Å²) in [7, 11) is 0. The Labute approximate surface area is 242 Å². The Morgan fingerprint density at radius 2 is 2.02 bits per heavy atom. The number of para-hydroxylation sites is 1. The van der Waals surface area contributed by atoms with E-state index in [0.717, 1.165) is 31.4 Å². The Morgan fingerprint density at radius 3 is 2.83 bits per heavy atom. The lowest BCUT2D eigenvalue weighted by Crippen LogP contribution is -2.33. The molecule has 4 N–H and O–H groups in total. The summed E-state index contributed by atoms with van der Waals surface area (Å²) in [5.74, 6) is 5.97. The molecule has 1 aliphatic rings. The highest BCUT2D eigenvalue weighted by molar-refractivity contribution is 5.98. The van der Waals surface area contributed by atoms with Gasteiger partial charge in [-0.1, -0.05) is 42.2 Å². The topological polar surface area (TPSA) is 129 Å². The Kier molecular flexibility index (Phi) is 7.68. The van der Waals surface area contributed by atoms with Crippen molar-refractivity contribution < 1.29 is 9.53 Å². The maximum Gasteiger partial charge on any atom is 0.274 e. The van der Waals surface area contributed by atoms with Crippen LogP contribution in [0.1, 0.15) is 47.6 Å². The SMILES string of the molecule is C[C@H](NC(=O)c1c(N)nc2cccnn12)c1cc2cccc(C#CCNCC3CCCO3)c2c(=O)n1-c1ccccc1. The monoisotopic (exact) mass is 561 g/mol. The molecule has 42 heavy (non-hydrogen) atoms. The lowest BCUT2D eigenvalue weighted by Gasteiger charge is -2.21. The summed E-state index contributed by atoms with van der Waals surface area (Å²) in [6.45, 7) is 3.90. The van der Waals surface area contributed by atoms with Crippen molar-refractivity contribution in [2.24, 2.45) is 0 Å². The van der Waals surface area contributed by atoms with E-state index >= 15 is 0 Å². The Morgan fingerprint density at radius 1 is 1.17 bits per heavy atom. The third-order valence-corrected chi connectivity index (χ3v) is 7.35. The Hall–Kier alpha value is -4.98. The number of ether oxygens (including phenoxy) is 1. The molecule has 1 aliphatic heterocycles. The van der Waals surface area contributed by atoms with Gasteiger partial charge in [-0.25, -0.2) is 9.50 Å². The molecular formula is C32H31N7O3. The predicted octanol–water partition coefficient (Wildman–Crippen LogP) is 3.23. The zero-order valence-electron chi connectivity index (χ0n) is 23.2. The molecule has 0 spiro atoms. The van der Waals surface area contributed by atoms with Gasteiger partial charge in [0.25, 0.3) is 11.5 Å². The molecular weight excluding hydrogens is 530 g/mol. The van der Waals surface area contributed by atoms with Crippen molar-refractivity contribution in [2.75, 3.05) is 25.4 Å². The number of benzene rings is 2. The number of nitrogens with two attached hydrogens (primary N) is 1. The van der Waals surface area contributed by atoms with Crippen molar-refractivity contribution in [3.05, 3.63) is 100 Å². The van der Waals surface area contributed by atoms with Gasteiger partial charge in [0.15, 0.2) is 17.2 Å². The smallest absolute Gasteiger partial charge is 0.274 e. The van der Waals surface area contributed by atoms with Crippen molar-refractivity contribution in [1.82, 2.24) is 29.8 Å². The molecule has 212 valence electrons. The third kappa shape index (κ3) is 5.35. The average molecular weight is 562 g/mol. The van der Waals surface area contributed by atoms with Gasteiger partial charge in [-0.05, 0) is 61.5 Å². The molecule has 10 nitrogen and oxygen atoms in total. The van der Waals surface area contributed by atoms with Crippen LogP contribution in [0.5, 0.6) is 0 Å². The standard InChI is InChI=1S/C32H31N7O3/c1-21(36-31(40)29-30(33)37-27-15-7-17-35-39(27)29)26-19-23-10-5-9-22(11-6-16-34-20-25-14-8-18-42-25)28(23)32(41)38(26)24-12-3-2-4-13-24/h2-5,7,9-10,12-13,15,17,19,21,25,34H,8,14,16,18,20,33H2,1H3,(H,36,40)/t21-,25?/m0/s1. The molecule has 6 rings (SSSR count). The maximum absolute atomic E-state index is 14.2. The Bertz CT molecular complexity index is 1880. The average Bonchev–Trinajstić information content (AvgIpc) is 3.64. The van der Waals surface area contributed by atoms with E-state index in [2.05, 4.69) is 32.6 Å². The number of imidazole rings is 1. The molecule has 4 heterocycles. The second-order valence-corrected chi connectivity index (χ2v) is 10.2. The summed E-state index contributed by atoms with van der Waals surface area (Å²) >= 11 is 0. The van der Waals surface area contributed by atoms with Crippen molar-refractivity contribution in [3.63, 3.8) is 0 Å². The van der Waals surface area contributed by atoms with Gasteiger partial charge in [0.05, 0.1) is 24.1 Å². The van der Waals surface area contributed by atoms with Gasteiger partial charge in [0.2, 0.25) is 0 Å². The molecule has 1 fully saturated rings. The van der Waals surface area contributed by atoms with E-state index in [0.29, 0.717) is 34.5 Å². The number of rotatable bonds is 7. The zero-order valence-corrected chi connectivity index (χ0v) is 23.2. The van der Waals surface area contributed by atoms with Crippen LogP contribution < -0.4 is 21.9 Å². The molecule has 1 amide bonds.